The van der Waals surface area contributed by atoms with Crippen LogP contribution in [0.5, 0.6) is 0 Å². The highest BCUT2D eigenvalue weighted by Gasteiger charge is 2.41. The summed E-state index contributed by atoms with van der Waals surface area (Å²) in [7, 11) is 0. The van der Waals surface area contributed by atoms with Gasteiger partial charge in [0.25, 0.3) is 0 Å². The monoisotopic (exact) mass is 1080 g/mol. The lowest BCUT2D eigenvalue weighted by atomic mass is 9.63. The highest BCUT2D eigenvalue weighted by Crippen LogP contribution is 2.54. The quantitative estimate of drug-likeness (QED) is 0.151. The number of fused-ring (bicyclic) bond motifs is 6. The van der Waals surface area contributed by atoms with Crippen LogP contribution in [-0.4, -0.2) is 0 Å². The first-order chi connectivity index (χ1) is 38.4. The first-order valence-electron chi connectivity index (χ1n) is 30.8. The normalized spacial score (nSPS) is 18.2. The highest BCUT2D eigenvalue weighted by molar-refractivity contribution is 6.08. The average molecular weight is 1080 g/mol. The van der Waals surface area contributed by atoms with Crippen LogP contribution in [-0.2, 0) is 37.9 Å². The molecule has 1 heterocycles. The SMILES string of the molecule is Cc1cc(C)c(-c2cc(N(c3ccc4c(c3)C(C)(C)CCC4(C)C)c3ccc4c(c3)C(C)(C)CCC4(C)C)cc(N(c3ccc4oc5cc6c(cc5c4c3)C(C)(C)CCC6(C)C)c3ccc(C(C)(C)C)cc3-c3ccccc3)c2)c(C)c1. The molecule has 0 unspecified atom stereocenters. The Hall–Kier alpha value is -6.84. The molecule has 0 aliphatic heterocycles. The van der Waals surface area contributed by atoms with Crippen LogP contribution in [0.25, 0.3) is 44.2 Å². The van der Waals surface area contributed by atoms with Crippen molar-refractivity contribution in [2.45, 2.75) is 201 Å². The third-order valence-corrected chi connectivity index (χ3v) is 20.4. The van der Waals surface area contributed by atoms with Gasteiger partial charge >= 0.3 is 0 Å². The van der Waals surface area contributed by atoms with E-state index in [1.165, 1.54) is 107 Å². The molecule has 0 N–H and O–H groups in total. The Morgan fingerprint density at radius 1 is 0.366 bits per heavy atom. The number of aryl methyl sites for hydroxylation is 3. The van der Waals surface area contributed by atoms with Gasteiger partial charge in [-0.2, -0.15) is 0 Å². The van der Waals surface area contributed by atoms with Gasteiger partial charge in [-0.15, -0.1) is 0 Å². The van der Waals surface area contributed by atoms with Gasteiger partial charge in [-0.3, -0.25) is 0 Å². The van der Waals surface area contributed by atoms with E-state index in [1.54, 1.807) is 0 Å². The van der Waals surface area contributed by atoms with E-state index < -0.39 is 0 Å². The molecule has 12 rings (SSSR count). The fourth-order valence-corrected chi connectivity index (χ4v) is 14.9. The molecule has 82 heavy (non-hydrogen) atoms. The second-order valence-corrected chi connectivity index (χ2v) is 30.5. The van der Waals surface area contributed by atoms with Gasteiger partial charge in [0.05, 0.1) is 5.69 Å². The van der Waals surface area contributed by atoms with Crippen molar-refractivity contribution in [2.24, 2.45) is 0 Å². The molecule has 8 aromatic carbocycles. The Bertz CT molecular complexity index is 3910. The first-order valence-corrected chi connectivity index (χ1v) is 30.8. The van der Waals surface area contributed by atoms with Gasteiger partial charge in [0.1, 0.15) is 11.2 Å². The molecule has 0 saturated carbocycles. The molecule has 0 radical (unpaired) electrons. The summed E-state index contributed by atoms with van der Waals surface area (Å²) < 4.78 is 6.94. The standard InChI is InChI=1S/C79H90N2O/c1-49-38-50(2)72(51(3)39-49)53-40-58(80(56-25-28-63-65(45-56)76(11,12)34-32-74(63,7)8)57-26-29-64-66(46-57)77(13,14)35-33-75(64,9)10)43-59(41-53)81(69-30-24-54(73(4,5)6)42-60(69)52-22-20-19-21-23-52)55-27-31-70-61(44-55)62-47-67-68(48-71(62)82-70)79(17,18)37-36-78(67,15)16/h19-31,38-48H,32-37H2,1-18H3. The number of benzene rings is 8. The van der Waals surface area contributed by atoms with Crippen molar-refractivity contribution >= 4 is 56.1 Å². The van der Waals surface area contributed by atoms with Crippen LogP contribution in [0.4, 0.5) is 34.1 Å². The number of anilines is 6. The Kier molecular flexibility index (Phi) is 13.0. The molecular formula is C79H90N2O. The van der Waals surface area contributed by atoms with E-state index in [4.69, 9.17) is 4.42 Å². The zero-order valence-corrected chi connectivity index (χ0v) is 52.9. The van der Waals surface area contributed by atoms with E-state index >= 15 is 0 Å². The summed E-state index contributed by atoms with van der Waals surface area (Å²) in [5, 5.41) is 2.31. The smallest absolute Gasteiger partial charge is 0.135 e. The number of hydrogen-bond donors (Lipinski definition) is 0. The van der Waals surface area contributed by atoms with Crippen molar-refractivity contribution in [3.63, 3.8) is 0 Å². The molecular weight excluding hydrogens is 993 g/mol. The zero-order valence-electron chi connectivity index (χ0n) is 52.9. The van der Waals surface area contributed by atoms with Crippen LogP contribution in [0.3, 0.4) is 0 Å². The van der Waals surface area contributed by atoms with Gasteiger partial charge in [0.15, 0.2) is 0 Å². The maximum absolute atomic E-state index is 6.94. The molecule has 3 aliphatic carbocycles. The van der Waals surface area contributed by atoms with Crippen LogP contribution >= 0.6 is 0 Å². The van der Waals surface area contributed by atoms with Gasteiger partial charge < -0.3 is 14.2 Å². The largest absolute Gasteiger partial charge is 0.456 e. The van der Waals surface area contributed by atoms with Crippen LogP contribution in [0.15, 0.2) is 150 Å². The maximum Gasteiger partial charge on any atom is 0.135 e. The first kappa shape index (κ1) is 55.7. The number of hydrogen-bond acceptors (Lipinski definition) is 3. The molecule has 3 nitrogen and oxygen atoms in total. The van der Waals surface area contributed by atoms with Gasteiger partial charge in [-0.05, 0) is 249 Å². The Morgan fingerprint density at radius 3 is 1.34 bits per heavy atom. The van der Waals surface area contributed by atoms with E-state index in [9.17, 15) is 0 Å². The maximum atomic E-state index is 6.94. The summed E-state index contributed by atoms with van der Waals surface area (Å²) in [6.07, 6.45) is 6.93. The van der Waals surface area contributed by atoms with E-state index in [1.807, 2.05) is 0 Å². The minimum atomic E-state index is -0.0750. The Balaban J connectivity index is 1.19. The van der Waals surface area contributed by atoms with Crippen LogP contribution in [0.1, 0.15) is 198 Å². The van der Waals surface area contributed by atoms with Crippen molar-refractivity contribution in [1.29, 1.82) is 0 Å². The van der Waals surface area contributed by atoms with Crippen LogP contribution < -0.4 is 9.80 Å². The molecule has 0 spiro atoms. The summed E-state index contributed by atoms with van der Waals surface area (Å²) in [4.78, 5) is 5.18. The fourth-order valence-electron chi connectivity index (χ4n) is 14.9. The lowest BCUT2D eigenvalue weighted by molar-refractivity contribution is 0.332. The molecule has 1 aromatic heterocycles. The average Bonchev–Trinajstić information content (AvgIpc) is 2.14. The summed E-state index contributed by atoms with van der Waals surface area (Å²) in [5.74, 6) is 0. The van der Waals surface area contributed by atoms with Gasteiger partial charge in [0, 0.05) is 44.8 Å². The molecule has 9 aromatic rings. The summed E-state index contributed by atoms with van der Waals surface area (Å²) in [6.45, 7) is 43.1. The molecule has 0 bridgehead atoms. The van der Waals surface area contributed by atoms with E-state index in [0.29, 0.717) is 0 Å². The van der Waals surface area contributed by atoms with E-state index in [0.717, 1.165) is 65.0 Å². The summed E-state index contributed by atoms with van der Waals surface area (Å²) >= 11 is 0. The van der Waals surface area contributed by atoms with Crippen molar-refractivity contribution in [1.82, 2.24) is 0 Å². The summed E-state index contributed by atoms with van der Waals surface area (Å²) in [6, 6.07) is 57.3. The van der Waals surface area contributed by atoms with Crippen LogP contribution in [0, 0.1) is 20.8 Å². The predicted molar refractivity (Wildman–Crippen MR) is 353 cm³/mol. The van der Waals surface area contributed by atoms with Crippen LogP contribution in [0.2, 0.25) is 0 Å². The second kappa shape index (κ2) is 19.1. The van der Waals surface area contributed by atoms with Gasteiger partial charge in [0.2, 0.25) is 0 Å². The summed E-state index contributed by atoms with van der Waals surface area (Å²) in [5.41, 5.74) is 27.5. The fraction of sp³-hybridized carbons (Fsp3) is 0.392. The topological polar surface area (TPSA) is 19.6 Å². The van der Waals surface area contributed by atoms with E-state index in [2.05, 4.69) is 280 Å². The Labute approximate surface area is 492 Å². The lowest BCUT2D eigenvalue weighted by Crippen LogP contribution is -2.34. The van der Waals surface area contributed by atoms with Gasteiger partial charge in [-0.25, -0.2) is 0 Å². The molecule has 0 atom stereocenters. The lowest BCUT2D eigenvalue weighted by Gasteiger charge is -2.43. The van der Waals surface area contributed by atoms with Crippen molar-refractivity contribution in [3.05, 3.63) is 201 Å². The molecule has 0 saturated heterocycles. The zero-order chi connectivity index (χ0) is 58.4. The number of nitrogens with zero attached hydrogens (tertiary/aromatic N) is 2. The number of rotatable bonds is 8. The van der Waals surface area contributed by atoms with Crippen molar-refractivity contribution in [3.8, 4) is 22.3 Å². The molecule has 3 aliphatic rings. The van der Waals surface area contributed by atoms with Gasteiger partial charge in [-0.1, -0.05) is 170 Å². The molecule has 0 fully saturated rings. The number of furan rings is 1. The highest BCUT2D eigenvalue weighted by atomic mass is 16.3. The minimum Gasteiger partial charge on any atom is -0.456 e. The minimum absolute atomic E-state index is 0.0164. The third kappa shape index (κ3) is 9.51. The van der Waals surface area contributed by atoms with E-state index in [-0.39, 0.29) is 37.9 Å². The Morgan fingerprint density at radius 2 is 0.817 bits per heavy atom. The third-order valence-electron chi connectivity index (χ3n) is 20.4. The predicted octanol–water partition coefficient (Wildman–Crippen LogP) is 23.1. The van der Waals surface area contributed by atoms with Crippen molar-refractivity contribution < 1.29 is 4.42 Å². The molecule has 422 valence electrons. The van der Waals surface area contributed by atoms with Crippen molar-refractivity contribution in [2.75, 3.05) is 9.80 Å². The molecule has 0 amide bonds. The second-order valence-electron chi connectivity index (χ2n) is 30.5. The molecule has 3 heteroatoms.